The highest BCUT2D eigenvalue weighted by Crippen LogP contribution is 2.41. The number of rotatable bonds is 3. The number of hydrogen-bond donors (Lipinski definition) is 3. The molecule has 6 nitrogen and oxygen atoms in total. The third kappa shape index (κ3) is 2.81. The quantitative estimate of drug-likeness (QED) is 0.616. The van der Waals surface area contributed by atoms with E-state index in [4.69, 9.17) is 4.74 Å². The smallest absolute Gasteiger partial charge is 0.262 e. The molecule has 1 amide bonds. The summed E-state index contributed by atoms with van der Waals surface area (Å²) < 4.78 is 5.19. The highest BCUT2D eigenvalue weighted by molar-refractivity contribution is 6.12. The minimum absolute atomic E-state index is 0.206. The Hall–Kier alpha value is -3.67. The van der Waals surface area contributed by atoms with Crippen LogP contribution in [0.1, 0.15) is 22.1 Å². The number of carbonyl (C=O) groups excluding carboxylic acids is 1. The zero-order valence-electron chi connectivity index (χ0n) is 14.6. The van der Waals surface area contributed by atoms with Gasteiger partial charge < -0.3 is 20.3 Å². The average molecular weight is 362 g/mol. The van der Waals surface area contributed by atoms with Crippen molar-refractivity contribution in [3.63, 3.8) is 0 Å². The highest BCUT2D eigenvalue weighted by Gasteiger charge is 2.35. The Kier molecular flexibility index (Phi) is 4.08. The second-order valence-corrected chi connectivity index (χ2v) is 6.18. The van der Waals surface area contributed by atoms with Crippen LogP contribution in [0.25, 0.3) is 0 Å². The second-order valence-electron chi connectivity index (χ2n) is 6.18. The van der Waals surface area contributed by atoms with E-state index in [1.54, 1.807) is 60.5 Å². The molecule has 136 valence electrons. The molecule has 0 saturated heterocycles. The molecule has 3 aromatic carbocycles. The first kappa shape index (κ1) is 16.8. The Morgan fingerprint density at radius 3 is 2.44 bits per heavy atom. The summed E-state index contributed by atoms with van der Waals surface area (Å²) in [6.45, 7) is 0. The summed E-state index contributed by atoms with van der Waals surface area (Å²) in [5, 5.41) is 23.6. The van der Waals surface area contributed by atoms with Crippen LogP contribution in [-0.4, -0.2) is 23.2 Å². The van der Waals surface area contributed by atoms with Crippen LogP contribution in [0, 0.1) is 0 Å². The van der Waals surface area contributed by atoms with Crippen molar-refractivity contribution in [2.45, 2.75) is 6.17 Å². The molecule has 27 heavy (non-hydrogen) atoms. The Morgan fingerprint density at radius 2 is 1.70 bits per heavy atom. The molecule has 0 aromatic heterocycles. The van der Waals surface area contributed by atoms with E-state index in [1.165, 1.54) is 6.07 Å². The minimum Gasteiger partial charge on any atom is -0.504 e. The summed E-state index contributed by atoms with van der Waals surface area (Å²) in [5.74, 6) is -0.0356. The topological polar surface area (TPSA) is 82.0 Å². The third-order valence-corrected chi connectivity index (χ3v) is 4.62. The van der Waals surface area contributed by atoms with Crippen LogP contribution in [0.4, 0.5) is 11.4 Å². The Bertz CT molecular complexity index is 1000. The largest absolute Gasteiger partial charge is 0.504 e. The Balaban J connectivity index is 1.87. The van der Waals surface area contributed by atoms with Gasteiger partial charge in [-0.3, -0.25) is 9.69 Å². The van der Waals surface area contributed by atoms with Crippen LogP contribution in [-0.2, 0) is 0 Å². The summed E-state index contributed by atoms with van der Waals surface area (Å²) in [6, 6.07) is 19.0. The summed E-state index contributed by atoms with van der Waals surface area (Å²) >= 11 is 0. The standard InChI is InChI=1S/C21H18N2O4/c1-27-14-11-9-13(10-12-14)23-20(16-6-4-8-18(24)19(16)25)22-17-7-3-2-5-15(17)21(23)26/h2-12,20,22,24-25H,1H3/t20-/m0/s1. The van der Waals surface area contributed by atoms with E-state index in [-0.39, 0.29) is 17.4 Å². The predicted octanol–water partition coefficient (Wildman–Crippen LogP) is 3.88. The SMILES string of the molecule is COc1ccc(N2C(=O)c3ccccc3N[C@@H]2c2cccc(O)c2O)cc1. The number of carbonyl (C=O) groups is 1. The minimum atomic E-state index is -0.687. The van der Waals surface area contributed by atoms with Crippen LogP contribution < -0.4 is 15.0 Å². The van der Waals surface area contributed by atoms with Crippen LogP contribution in [0.2, 0.25) is 0 Å². The van der Waals surface area contributed by atoms with Crippen LogP contribution in [0.3, 0.4) is 0 Å². The van der Waals surface area contributed by atoms with E-state index in [2.05, 4.69) is 5.32 Å². The number of phenols is 2. The molecular formula is C21H18N2O4. The van der Waals surface area contributed by atoms with Crippen molar-refractivity contribution in [2.24, 2.45) is 0 Å². The number of ether oxygens (including phenoxy) is 1. The van der Waals surface area contributed by atoms with E-state index in [0.29, 0.717) is 28.3 Å². The summed E-state index contributed by atoms with van der Waals surface area (Å²) in [5.41, 5.74) is 2.23. The lowest BCUT2D eigenvalue weighted by atomic mass is 10.0. The van der Waals surface area contributed by atoms with Gasteiger partial charge in [0.2, 0.25) is 0 Å². The number of amides is 1. The maximum atomic E-state index is 13.3. The van der Waals surface area contributed by atoms with Gasteiger partial charge >= 0.3 is 0 Å². The molecule has 0 unspecified atom stereocenters. The summed E-state index contributed by atoms with van der Waals surface area (Å²) in [6.07, 6.45) is -0.687. The maximum absolute atomic E-state index is 13.3. The van der Waals surface area contributed by atoms with Gasteiger partial charge in [0, 0.05) is 16.9 Å². The molecule has 0 aliphatic carbocycles. The van der Waals surface area contributed by atoms with Crippen LogP contribution in [0.5, 0.6) is 17.2 Å². The molecular weight excluding hydrogens is 344 g/mol. The number of nitrogens with zero attached hydrogens (tertiary/aromatic N) is 1. The fourth-order valence-electron chi connectivity index (χ4n) is 3.25. The molecule has 1 heterocycles. The van der Waals surface area contributed by atoms with Crippen molar-refractivity contribution in [3.8, 4) is 17.2 Å². The maximum Gasteiger partial charge on any atom is 0.262 e. The number of fused-ring (bicyclic) bond motifs is 1. The highest BCUT2D eigenvalue weighted by atomic mass is 16.5. The third-order valence-electron chi connectivity index (χ3n) is 4.62. The van der Waals surface area contributed by atoms with E-state index < -0.39 is 6.17 Å². The van der Waals surface area contributed by atoms with E-state index in [1.807, 2.05) is 12.1 Å². The molecule has 6 heteroatoms. The molecule has 1 aliphatic heterocycles. The molecule has 0 saturated carbocycles. The molecule has 0 fully saturated rings. The molecule has 0 spiro atoms. The molecule has 1 atom stereocenters. The van der Waals surface area contributed by atoms with Gasteiger partial charge in [0.05, 0.1) is 12.7 Å². The van der Waals surface area contributed by atoms with Crippen molar-refractivity contribution in [1.82, 2.24) is 0 Å². The van der Waals surface area contributed by atoms with Crippen molar-refractivity contribution in [3.05, 3.63) is 77.9 Å². The van der Waals surface area contributed by atoms with Crippen LogP contribution in [0.15, 0.2) is 66.7 Å². The Labute approximate surface area is 156 Å². The molecule has 3 aromatic rings. The number of hydrogen-bond acceptors (Lipinski definition) is 5. The van der Waals surface area contributed by atoms with Crippen molar-refractivity contribution in [2.75, 3.05) is 17.3 Å². The van der Waals surface area contributed by atoms with Gasteiger partial charge in [0.1, 0.15) is 11.9 Å². The van der Waals surface area contributed by atoms with E-state index in [9.17, 15) is 15.0 Å². The first-order valence-corrected chi connectivity index (χ1v) is 8.44. The lowest BCUT2D eigenvalue weighted by Gasteiger charge is -2.38. The average Bonchev–Trinajstić information content (AvgIpc) is 2.70. The predicted molar refractivity (Wildman–Crippen MR) is 102 cm³/mol. The number of anilines is 2. The first-order chi connectivity index (χ1) is 13.1. The molecule has 4 rings (SSSR count). The van der Waals surface area contributed by atoms with Gasteiger partial charge in [-0.05, 0) is 42.5 Å². The van der Waals surface area contributed by atoms with E-state index in [0.717, 1.165) is 0 Å². The number of methoxy groups -OCH3 is 1. The van der Waals surface area contributed by atoms with Crippen molar-refractivity contribution < 1.29 is 19.7 Å². The fraction of sp³-hybridized carbons (Fsp3) is 0.0952. The van der Waals surface area contributed by atoms with Gasteiger partial charge in [-0.15, -0.1) is 0 Å². The van der Waals surface area contributed by atoms with Gasteiger partial charge in [0.25, 0.3) is 5.91 Å². The van der Waals surface area contributed by atoms with Crippen LogP contribution >= 0.6 is 0 Å². The molecule has 3 N–H and O–H groups in total. The first-order valence-electron chi connectivity index (χ1n) is 8.44. The van der Waals surface area contributed by atoms with E-state index >= 15 is 0 Å². The number of benzene rings is 3. The monoisotopic (exact) mass is 362 g/mol. The zero-order valence-corrected chi connectivity index (χ0v) is 14.6. The number of phenolic OH excluding ortho intramolecular Hbond substituents is 2. The fourth-order valence-corrected chi connectivity index (χ4v) is 3.25. The Morgan fingerprint density at radius 1 is 0.963 bits per heavy atom. The zero-order chi connectivity index (χ0) is 19.0. The summed E-state index contributed by atoms with van der Waals surface area (Å²) in [7, 11) is 1.58. The molecule has 0 radical (unpaired) electrons. The molecule has 0 bridgehead atoms. The number of para-hydroxylation sites is 2. The van der Waals surface area contributed by atoms with Gasteiger partial charge in [-0.1, -0.05) is 24.3 Å². The lowest BCUT2D eigenvalue weighted by molar-refractivity contribution is 0.0974. The summed E-state index contributed by atoms with van der Waals surface area (Å²) in [4.78, 5) is 14.8. The second kappa shape index (κ2) is 6.57. The van der Waals surface area contributed by atoms with Gasteiger partial charge in [-0.2, -0.15) is 0 Å². The van der Waals surface area contributed by atoms with Crippen molar-refractivity contribution in [1.29, 1.82) is 0 Å². The van der Waals surface area contributed by atoms with Gasteiger partial charge in [0.15, 0.2) is 11.5 Å². The number of aromatic hydroxyl groups is 2. The van der Waals surface area contributed by atoms with Gasteiger partial charge in [-0.25, -0.2) is 0 Å². The van der Waals surface area contributed by atoms with Crippen molar-refractivity contribution >= 4 is 17.3 Å². The lowest BCUT2D eigenvalue weighted by Crippen LogP contribution is -2.43. The number of nitrogens with one attached hydrogen (secondary N) is 1. The normalized spacial score (nSPS) is 15.8. The molecule has 1 aliphatic rings.